The van der Waals surface area contributed by atoms with E-state index in [1.54, 1.807) is 0 Å². The monoisotopic (exact) mass is 664 g/mol. The molecule has 1 aromatic carbocycles. The van der Waals surface area contributed by atoms with Crippen LogP contribution >= 0.6 is 0 Å². The fraction of sp³-hybridized carbons (Fsp3) is 0.765. The number of azide groups is 1. The van der Waals surface area contributed by atoms with Gasteiger partial charge in [-0.25, -0.2) is 0 Å². The minimum atomic E-state index is -1.09. The Morgan fingerprint density at radius 2 is 1.64 bits per heavy atom. The van der Waals surface area contributed by atoms with E-state index < -0.39 is 36.8 Å². The van der Waals surface area contributed by atoms with Gasteiger partial charge in [-0.3, -0.25) is 9.59 Å². The molecule has 0 radical (unpaired) electrons. The Kier molecular flexibility index (Phi) is 21.0. The molecular formula is C34H56N4O9. The summed E-state index contributed by atoms with van der Waals surface area (Å²) in [5.41, 5.74) is 9.65. The number of rotatable bonds is 25. The molecule has 1 aliphatic rings. The van der Waals surface area contributed by atoms with Gasteiger partial charge in [0.2, 0.25) is 5.91 Å². The minimum Gasteiger partial charge on any atom is -0.463 e. The summed E-state index contributed by atoms with van der Waals surface area (Å²) in [5, 5.41) is 6.50. The molecule has 0 aliphatic carbocycles. The van der Waals surface area contributed by atoms with Crippen LogP contribution in [0, 0.1) is 0 Å². The van der Waals surface area contributed by atoms with E-state index in [2.05, 4.69) is 29.2 Å². The predicted octanol–water partition coefficient (Wildman–Crippen LogP) is 6.16. The molecule has 0 bridgehead atoms. The van der Waals surface area contributed by atoms with Crippen LogP contribution in [-0.4, -0.2) is 88.2 Å². The summed E-state index contributed by atoms with van der Waals surface area (Å²) in [4.78, 5) is 29.0. The van der Waals surface area contributed by atoms with Crippen molar-refractivity contribution in [3.8, 4) is 0 Å². The Bertz CT molecular complexity index is 1040. The summed E-state index contributed by atoms with van der Waals surface area (Å²) in [6, 6.07) is 8.70. The van der Waals surface area contributed by atoms with E-state index in [0.29, 0.717) is 26.1 Å². The van der Waals surface area contributed by atoms with Gasteiger partial charge in [0.25, 0.3) is 0 Å². The van der Waals surface area contributed by atoms with Crippen molar-refractivity contribution in [2.45, 2.75) is 129 Å². The van der Waals surface area contributed by atoms with E-state index in [1.165, 1.54) is 0 Å². The molecule has 1 fully saturated rings. The Morgan fingerprint density at radius 3 is 2.23 bits per heavy atom. The summed E-state index contributed by atoms with van der Waals surface area (Å²) in [6.45, 7) is 11.1. The molecule has 0 aromatic heterocycles. The SMILES string of the molecule is CCCCO[C@H](CC)CC(=O)N[C@@H](COC(=O)C[C@@H](CC)OCCCC)[C@@H](OCCN=[N+]=[N-])OC1COC(c2ccccc2)O[C@H]1C. The molecule has 1 aromatic rings. The van der Waals surface area contributed by atoms with Crippen molar-refractivity contribution in [2.24, 2.45) is 5.11 Å². The van der Waals surface area contributed by atoms with Crippen molar-refractivity contribution >= 4 is 11.9 Å². The number of nitrogens with one attached hydrogen (secondary N) is 1. The lowest BCUT2D eigenvalue weighted by Crippen LogP contribution is -2.53. The molecule has 0 spiro atoms. The summed E-state index contributed by atoms with van der Waals surface area (Å²) in [5.74, 6) is -0.762. The van der Waals surface area contributed by atoms with Crippen LogP contribution in [0.3, 0.4) is 0 Å². The van der Waals surface area contributed by atoms with Crippen LogP contribution in [-0.2, 0) is 42.7 Å². The lowest BCUT2D eigenvalue weighted by molar-refractivity contribution is -0.295. The van der Waals surface area contributed by atoms with Gasteiger partial charge in [-0.15, -0.1) is 0 Å². The van der Waals surface area contributed by atoms with Crippen molar-refractivity contribution in [3.63, 3.8) is 0 Å². The first-order chi connectivity index (χ1) is 22.8. The third kappa shape index (κ3) is 16.3. The first-order valence-corrected chi connectivity index (χ1v) is 17.1. The second-order valence-electron chi connectivity index (χ2n) is 11.6. The molecule has 13 heteroatoms. The maximum Gasteiger partial charge on any atom is 0.308 e. The molecule has 266 valence electrons. The summed E-state index contributed by atoms with van der Waals surface area (Å²) >= 11 is 0. The Morgan fingerprint density at radius 1 is 0.979 bits per heavy atom. The van der Waals surface area contributed by atoms with E-state index in [1.807, 2.05) is 51.1 Å². The number of hydrogen-bond acceptors (Lipinski definition) is 10. The van der Waals surface area contributed by atoms with Crippen LogP contribution in [0.1, 0.15) is 97.8 Å². The molecule has 1 amide bonds. The van der Waals surface area contributed by atoms with Crippen LogP contribution < -0.4 is 5.32 Å². The average Bonchev–Trinajstić information content (AvgIpc) is 3.08. The molecule has 47 heavy (non-hydrogen) atoms. The summed E-state index contributed by atoms with van der Waals surface area (Å²) in [7, 11) is 0. The van der Waals surface area contributed by atoms with Gasteiger partial charge < -0.3 is 38.5 Å². The van der Waals surface area contributed by atoms with E-state index in [9.17, 15) is 9.59 Å². The number of hydrogen-bond donors (Lipinski definition) is 1. The highest BCUT2D eigenvalue weighted by molar-refractivity contribution is 5.77. The topological polar surface area (TPSA) is 160 Å². The zero-order valence-electron chi connectivity index (χ0n) is 28.8. The fourth-order valence-corrected chi connectivity index (χ4v) is 4.77. The lowest BCUT2D eigenvalue weighted by Gasteiger charge is -2.38. The highest BCUT2D eigenvalue weighted by Crippen LogP contribution is 2.28. The fourth-order valence-electron chi connectivity index (χ4n) is 4.77. The van der Waals surface area contributed by atoms with Gasteiger partial charge in [-0.05, 0) is 38.1 Å². The number of unbranched alkanes of at least 4 members (excludes halogenated alkanes) is 2. The van der Waals surface area contributed by atoms with Crippen molar-refractivity contribution in [3.05, 3.63) is 46.3 Å². The Balaban J connectivity index is 2.19. The maximum absolute atomic E-state index is 13.3. The number of amides is 1. The average molecular weight is 665 g/mol. The molecule has 13 nitrogen and oxygen atoms in total. The highest BCUT2D eigenvalue weighted by Gasteiger charge is 2.36. The van der Waals surface area contributed by atoms with Gasteiger partial charge in [-0.1, -0.05) is 76.0 Å². The summed E-state index contributed by atoms with van der Waals surface area (Å²) in [6.07, 6.45) is 2.15. The first-order valence-electron chi connectivity index (χ1n) is 17.1. The molecular weight excluding hydrogens is 608 g/mol. The van der Waals surface area contributed by atoms with Crippen molar-refractivity contribution < 1.29 is 42.7 Å². The largest absolute Gasteiger partial charge is 0.463 e. The normalized spacial score (nSPS) is 20.4. The van der Waals surface area contributed by atoms with Gasteiger partial charge in [-0.2, -0.15) is 0 Å². The van der Waals surface area contributed by atoms with E-state index in [0.717, 1.165) is 31.2 Å². The van der Waals surface area contributed by atoms with E-state index in [-0.39, 0.29) is 57.3 Å². The number of esters is 1. The van der Waals surface area contributed by atoms with Gasteiger partial charge in [0.15, 0.2) is 12.6 Å². The molecule has 2 unspecified atom stereocenters. The van der Waals surface area contributed by atoms with Gasteiger partial charge >= 0.3 is 5.97 Å². The quantitative estimate of drug-likeness (QED) is 0.0323. The Hall–Kier alpha value is -2.77. The van der Waals surface area contributed by atoms with Crippen molar-refractivity contribution in [1.29, 1.82) is 0 Å². The Labute approximate surface area is 279 Å². The second-order valence-corrected chi connectivity index (χ2v) is 11.6. The molecule has 7 atom stereocenters. The standard InChI is InChI=1S/C34H56N4O9/c1-6-10-18-41-27(8-3)21-31(39)37-29(23-44-32(40)22-28(9-4)42-19-11-7-2)34(43-20-17-36-38-35)47-30-24-45-33(46-25(30)5)26-15-13-12-14-16-26/h12-16,25,27-30,33-34H,6-11,17-24H2,1-5H3,(H,37,39)/t25-,27+,28+,29-,30?,33?,34-/m0/s1. The molecule has 1 aliphatic heterocycles. The van der Waals surface area contributed by atoms with Crippen molar-refractivity contribution in [1.82, 2.24) is 5.32 Å². The zero-order valence-corrected chi connectivity index (χ0v) is 28.8. The smallest absolute Gasteiger partial charge is 0.308 e. The maximum atomic E-state index is 13.3. The zero-order chi connectivity index (χ0) is 34.3. The van der Waals surface area contributed by atoms with Gasteiger partial charge in [0.05, 0.1) is 44.4 Å². The third-order valence-electron chi connectivity index (χ3n) is 7.71. The lowest BCUT2D eigenvalue weighted by atomic mass is 10.1. The number of carbonyl (C=O) groups is 2. The van der Waals surface area contributed by atoms with E-state index in [4.69, 9.17) is 38.7 Å². The molecule has 1 saturated heterocycles. The number of nitrogens with zero attached hydrogens (tertiary/aromatic N) is 3. The highest BCUT2D eigenvalue weighted by atomic mass is 16.7. The molecule has 1 N–H and O–H groups in total. The molecule has 1 heterocycles. The van der Waals surface area contributed by atoms with Crippen molar-refractivity contribution in [2.75, 3.05) is 39.6 Å². The molecule has 2 rings (SSSR count). The van der Waals surface area contributed by atoms with Crippen LogP contribution in [0.15, 0.2) is 35.4 Å². The minimum absolute atomic E-state index is 0.00535. The summed E-state index contributed by atoms with van der Waals surface area (Å²) < 4.78 is 41.9. The number of benzene rings is 1. The first kappa shape index (κ1) is 40.4. The van der Waals surface area contributed by atoms with Crippen LogP contribution in [0.25, 0.3) is 10.4 Å². The number of carbonyl (C=O) groups excluding carboxylic acids is 2. The predicted molar refractivity (Wildman–Crippen MR) is 176 cm³/mol. The van der Waals surface area contributed by atoms with E-state index >= 15 is 0 Å². The third-order valence-corrected chi connectivity index (χ3v) is 7.71. The van der Waals surface area contributed by atoms with Gasteiger partial charge in [0.1, 0.15) is 18.8 Å². The number of ether oxygens (including phenoxy) is 7. The second kappa shape index (κ2) is 24.4. The van der Waals surface area contributed by atoms with Crippen LogP contribution in [0.5, 0.6) is 0 Å². The van der Waals surface area contributed by atoms with Crippen LogP contribution in [0.4, 0.5) is 0 Å². The van der Waals surface area contributed by atoms with Crippen LogP contribution in [0.2, 0.25) is 0 Å². The molecule has 0 saturated carbocycles. The van der Waals surface area contributed by atoms with Gasteiger partial charge in [0, 0.05) is 30.2 Å².